The van der Waals surface area contributed by atoms with Crippen molar-refractivity contribution in [2.75, 3.05) is 5.32 Å². The minimum absolute atomic E-state index is 0.0715. The van der Waals surface area contributed by atoms with Gasteiger partial charge < -0.3 is 9.88 Å². The first-order valence-corrected chi connectivity index (χ1v) is 12.5. The largest absolute Gasteiger partial charge is 0.337 e. The lowest BCUT2D eigenvalue weighted by atomic mass is 9.48. The van der Waals surface area contributed by atoms with Crippen molar-refractivity contribution in [2.45, 2.75) is 63.8 Å². The number of amides is 1. The third-order valence-electron chi connectivity index (χ3n) is 8.65. The average molecular weight is 441 g/mol. The van der Waals surface area contributed by atoms with Crippen LogP contribution >= 0.6 is 0 Å². The van der Waals surface area contributed by atoms with E-state index in [-0.39, 0.29) is 12.5 Å². The summed E-state index contributed by atoms with van der Waals surface area (Å²) in [5.41, 5.74) is 5.45. The zero-order valence-corrected chi connectivity index (χ0v) is 19.3. The van der Waals surface area contributed by atoms with Gasteiger partial charge in [0.15, 0.2) is 6.29 Å². The standard InChI is InChI=1S/C29H32N2O2/c1-2-22-4-3-5-26-23(18-32)16-31(28(22)26)17-27(33)30-25-8-6-24(7-9-25)29-13-19-10-20(14-29)12-21(11-19)15-29/h3-9,16,18-21H,2,10-15,17H2,1H3,(H,30,33). The van der Waals surface area contributed by atoms with E-state index in [1.165, 1.54) is 44.1 Å². The topological polar surface area (TPSA) is 51.1 Å². The minimum Gasteiger partial charge on any atom is -0.337 e. The van der Waals surface area contributed by atoms with Crippen LogP contribution in [0.2, 0.25) is 0 Å². The molecule has 1 heterocycles. The van der Waals surface area contributed by atoms with Gasteiger partial charge in [0.2, 0.25) is 5.91 Å². The summed E-state index contributed by atoms with van der Waals surface area (Å²) in [4.78, 5) is 24.5. The van der Waals surface area contributed by atoms with Gasteiger partial charge in [0, 0.05) is 22.8 Å². The highest BCUT2D eigenvalue weighted by Crippen LogP contribution is 2.60. The van der Waals surface area contributed by atoms with Gasteiger partial charge in [-0.1, -0.05) is 37.3 Å². The normalized spacial score (nSPS) is 27.7. The Morgan fingerprint density at radius 3 is 2.30 bits per heavy atom. The number of carbonyl (C=O) groups is 2. The van der Waals surface area contributed by atoms with Crippen LogP contribution in [0.1, 0.15) is 66.9 Å². The molecule has 1 amide bonds. The molecule has 4 fully saturated rings. The van der Waals surface area contributed by atoms with Crippen molar-refractivity contribution in [3.63, 3.8) is 0 Å². The molecule has 7 rings (SSSR count). The third kappa shape index (κ3) is 3.51. The zero-order chi connectivity index (χ0) is 22.6. The van der Waals surface area contributed by atoms with E-state index in [0.717, 1.165) is 52.6 Å². The maximum absolute atomic E-state index is 12.9. The van der Waals surface area contributed by atoms with Gasteiger partial charge in [0.25, 0.3) is 0 Å². The maximum atomic E-state index is 12.9. The van der Waals surface area contributed by atoms with E-state index >= 15 is 0 Å². The molecule has 1 N–H and O–H groups in total. The third-order valence-corrected chi connectivity index (χ3v) is 8.65. The number of aldehydes is 1. The van der Waals surface area contributed by atoms with Crippen molar-refractivity contribution in [3.8, 4) is 0 Å². The summed E-state index contributed by atoms with van der Waals surface area (Å²) in [5.74, 6) is 2.71. The molecule has 0 unspecified atom stereocenters. The van der Waals surface area contributed by atoms with Crippen LogP contribution in [0, 0.1) is 17.8 Å². The Balaban J connectivity index is 1.20. The van der Waals surface area contributed by atoms with E-state index in [1.54, 1.807) is 6.20 Å². The van der Waals surface area contributed by atoms with Gasteiger partial charge in [-0.15, -0.1) is 0 Å². The molecule has 3 aromatic rings. The van der Waals surface area contributed by atoms with E-state index in [9.17, 15) is 9.59 Å². The zero-order valence-electron chi connectivity index (χ0n) is 19.3. The number of nitrogens with one attached hydrogen (secondary N) is 1. The highest BCUT2D eigenvalue weighted by molar-refractivity contribution is 6.00. The number of carbonyl (C=O) groups excluding carboxylic acids is 2. The summed E-state index contributed by atoms with van der Waals surface area (Å²) in [7, 11) is 0. The van der Waals surface area contributed by atoms with Gasteiger partial charge in [-0.05, 0) is 91.4 Å². The van der Waals surface area contributed by atoms with Gasteiger partial charge in [0.05, 0.1) is 5.52 Å². The summed E-state index contributed by atoms with van der Waals surface area (Å²) in [6, 6.07) is 14.7. The Morgan fingerprint density at radius 1 is 1.03 bits per heavy atom. The fraction of sp³-hybridized carbons (Fsp3) is 0.448. The molecule has 4 saturated carbocycles. The van der Waals surface area contributed by atoms with E-state index in [4.69, 9.17) is 0 Å². The van der Waals surface area contributed by atoms with Gasteiger partial charge in [-0.3, -0.25) is 9.59 Å². The number of hydrogen-bond acceptors (Lipinski definition) is 2. The Kier molecular flexibility index (Phi) is 4.93. The molecule has 1 aromatic heterocycles. The summed E-state index contributed by atoms with van der Waals surface area (Å²) >= 11 is 0. The van der Waals surface area contributed by atoms with E-state index in [1.807, 2.05) is 16.7 Å². The van der Waals surface area contributed by atoms with Gasteiger partial charge >= 0.3 is 0 Å². The lowest BCUT2D eigenvalue weighted by molar-refractivity contribution is -0.116. The second-order valence-electron chi connectivity index (χ2n) is 10.8. The highest BCUT2D eigenvalue weighted by atomic mass is 16.2. The Morgan fingerprint density at radius 2 is 1.70 bits per heavy atom. The molecule has 0 radical (unpaired) electrons. The van der Waals surface area contributed by atoms with Crippen LogP contribution in [0.5, 0.6) is 0 Å². The lowest BCUT2D eigenvalue weighted by Crippen LogP contribution is -2.48. The molecule has 170 valence electrons. The number of anilines is 1. The van der Waals surface area contributed by atoms with Crippen molar-refractivity contribution >= 4 is 28.8 Å². The van der Waals surface area contributed by atoms with Gasteiger partial charge in [-0.25, -0.2) is 0 Å². The van der Waals surface area contributed by atoms with Gasteiger partial charge in [0.1, 0.15) is 6.54 Å². The second-order valence-corrected chi connectivity index (χ2v) is 10.8. The number of aryl methyl sites for hydroxylation is 1. The molecule has 33 heavy (non-hydrogen) atoms. The van der Waals surface area contributed by atoms with Crippen LogP contribution < -0.4 is 5.32 Å². The molecule has 4 aliphatic rings. The number of nitrogens with zero attached hydrogens (tertiary/aromatic N) is 1. The van der Waals surface area contributed by atoms with E-state index < -0.39 is 0 Å². The van der Waals surface area contributed by atoms with Crippen LogP contribution in [-0.4, -0.2) is 16.8 Å². The summed E-state index contributed by atoms with van der Waals surface area (Å²) < 4.78 is 1.91. The molecule has 4 bridgehead atoms. The predicted molar refractivity (Wildman–Crippen MR) is 132 cm³/mol. The van der Waals surface area contributed by atoms with Crippen LogP contribution in [-0.2, 0) is 23.2 Å². The van der Waals surface area contributed by atoms with E-state index in [0.29, 0.717) is 11.0 Å². The molecule has 4 nitrogen and oxygen atoms in total. The average Bonchev–Trinajstić information content (AvgIpc) is 3.16. The fourth-order valence-corrected chi connectivity index (χ4v) is 7.70. The molecule has 2 aromatic carbocycles. The maximum Gasteiger partial charge on any atom is 0.244 e. The van der Waals surface area contributed by atoms with Crippen molar-refractivity contribution in [3.05, 3.63) is 65.4 Å². The second kappa shape index (κ2) is 7.86. The number of para-hydroxylation sites is 1. The van der Waals surface area contributed by atoms with Crippen LogP contribution in [0.4, 0.5) is 5.69 Å². The van der Waals surface area contributed by atoms with Crippen LogP contribution in [0.3, 0.4) is 0 Å². The summed E-state index contributed by atoms with van der Waals surface area (Å²) in [5, 5.41) is 3.99. The summed E-state index contributed by atoms with van der Waals surface area (Å²) in [6.45, 7) is 2.29. The molecular formula is C29H32N2O2. The highest BCUT2D eigenvalue weighted by Gasteiger charge is 2.51. The molecule has 0 spiro atoms. The van der Waals surface area contributed by atoms with Crippen molar-refractivity contribution in [1.29, 1.82) is 0 Å². The predicted octanol–water partition coefficient (Wildman–Crippen LogP) is 6.12. The van der Waals surface area contributed by atoms with Crippen molar-refractivity contribution in [2.24, 2.45) is 17.8 Å². The van der Waals surface area contributed by atoms with Crippen LogP contribution in [0.15, 0.2) is 48.7 Å². The molecule has 0 atom stereocenters. The number of hydrogen-bond donors (Lipinski definition) is 1. The summed E-state index contributed by atoms with van der Waals surface area (Å²) in [6.07, 6.45) is 11.9. The minimum atomic E-state index is -0.0715. The lowest BCUT2D eigenvalue weighted by Gasteiger charge is -2.57. The number of rotatable bonds is 6. The number of aromatic nitrogens is 1. The Labute approximate surface area is 195 Å². The first-order valence-electron chi connectivity index (χ1n) is 12.5. The quantitative estimate of drug-likeness (QED) is 0.469. The first kappa shape index (κ1) is 20.7. The number of fused-ring (bicyclic) bond motifs is 1. The monoisotopic (exact) mass is 440 g/mol. The van der Waals surface area contributed by atoms with Gasteiger partial charge in [-0.2, -0.15) is 0 Å². The Hall–Kier alpha value is -2.88. The first-order chi connectivity index (χ1) is 16.1. The van der Waals surface area contributed by atoms with Crippen LogP contribution in [0.25, 0.3) is 10.9 Å². The smallest absolute Gasteiger partial charge is 0.244 e. The number of benzene rings is 2. The molecule has 0 aliphatic heterocycles. The van der Waals surface area contributed by atoms with Crippen molar-refractivity contribution in [1.82, 2.24) is 4.57 Å². The molecule has 4 heteroatoms. The Bertz CT molecular complexity index is 1190. The fourth-order valence-electron chi connectivity index (χ4n) is 7.70. The molecule has 0 saturated heterocycles. The van der Waals surface area contributed by atoms with Crippen molar-refractivity contribution < 1.29 is 9.59 Å². The molecule has 4 aliphatic carbocycles. The SMILES string of the molecule is CCc1cccc2c(C=O)cn(CC(=O)Nc3ccc(C45CC6CC(CC(C6)C4)C5)cc3)c12. The van der Waals surface area contributed by atoms with E-state index in [2.05, 4.69) is 42.6 Å². The molecular weight excluding hydrogens is 408 g/mol.